The van der Waals surface area contributed by atoms with Crippen LogP contribution in [-0.2, 0) is 9.47 Å². The Labute approximate surface area is 154 Å². The molecule has 8 nitrogen and oxygen atoms in total. The summed E-state index contributed by atoms with van der Waals surface area (Å²) < 4.78 is 10.1. The number of hydrogen-bond acceptors (Lipinski definition) is 6. The number of aromatic carboxylic acids is 2. The van der Waals surface area contributed by atoms with E-state index in [0.29, 0.717) is 0 Å². The molecule has 0 fully saturated rings. The number of benzene rings is 2. The van der Waals surface area contributed by atoms with Gasteiger partial charge in [0.2, 0.25) is 0 Å². The number of carbonyl (C=O) groups is 4. The lowest BCUT2D eigenvalue weighted by molar-refractivity contribution is 0.00425. The highest BCUT2D eigenvalue weighted by Gasteiger charge is 2.21. The molecule has 2 aromatic carbocycles. The molecular formula is C19H16O8. The third-order valence-corrected chi connectivity index (χ3v) is 3.51. The molecule has 2 N–H and O–H groups in total. The normalized spacial score (nSPS) is 11.3. The SMILES string of the molecule is CC(COC(=O)c1ccccc1C(=O)O)OC(=O)c1ccccc1C(=O)O. The van der Waals surface area contributed by atoms with Crippen LogP contribution in [0.15, 0.2) is 48.5 Å². The number of rotatable bonds is 7. The van der Waals surface area contributed by atoms with Crippen molar-refractivity contribution in [1.82, 2.24) is 0 Å². The van der Waals surface area contributed by atoms with E-state index in [0.717, 1.165) is 0 Å². The van der Waals surface area contributed by atoms with E-state index >= 15 is 0 Å². The minimum atomic E-state index is -1.27. The second-order valence-corrected chi connectivity index (χ2v) is 5.52. The summed E-state index contributed by atoms with van der Waals surface area (Å²) in [5, 5.41) is 18.2. The molecular weight excluding hydrogens is 356 g/mol. The Hall–Kier alpha value is -3.68. The van der Waals surface area contributed by atoms with Gasteiger partial charge in [0.05, 0.1) is 22.3 Å². The van der Waals surface area contributed by atoms with Gasteiger partial charge in [-0.1, -0.05) is 24.3 Å². The van der Waals surface area contributed by atoms with E-state index in [1.807, 2.05) is 0 Å². The monoisotopic (exact) mass is 372 g/mol. The van der Waals surface area contributed by atoms with Crippen LogP contribution in [-0.4, -0.2) is 46.8 Å². The highest BCUT2D eigenvalue weighted by atomic mass is 16.6. The van der Waals surface area contributed by atoms with Crippen molar-refractivity contribution in [2.75, 3.05) is 6.61 Å². The Morgan fingerprint density at radius 1 is 0.778 bits per heavy atom. The maximum atomic E-state index is 12.1. The van der Waals surface area contributed by atoms with Gasteiger partial charge < -0.3 is 19.7 Å². The van der Waals surface area contributed by atoms with Crippen LogP contribution in [0.1, 0.15) is 48.4 Å². The first kappa shape index (κ1) is 19.6. The van der Waals surface area contributed by atoms with Crippen molar-refractivity contribution in [3.05, 3.63) is 70.8 Å². The summed E-state index contributed by atoms with van der Waals surface area (Å²) in [5.41, 5.74) is -0.663. The number of hydrogen-bond donors (Lipinski definition) is 2. The van der Waals surface area contributed by atoms with Crippen molar-refractivity contribution < 1.29 is 38.9 Å². The van der Waals surface area contributed by atoms with Gasteiger partial charge in [-0.2, -0.15) is 0 Å². The summed E-state index contributed by atoms with van der Waals surface area (Å²) in [4.78, 5) is 46.5. The Morgan fingerprint density at radius 3 is 1.63 bits per heavy atom. The molecule has 1 atom stereocenters. The highest BCUT2D eigenvalue weighted by Crippen LogP contribution is 2.13. The minimum Gasteiger partial charge on any atom is -0.478 e. The highest BCUT2D eigenvalue weighted by molar-refractivity contribution is 6.03. The van der Waals surface area contributed by atoms with E-state index in [2.05, 4.69) is 0 Å². The van der Waals surface area contributed by atoms with Gasteiger partial charge in [0.1, 0.15) is 12.7 Å². The topological polar surface area (TPSA) is 127 Å². The largest absolute Gasteiger partial charge is 0.478 e. The van der Waals surface area contributed by atoms with Gasteiger partial charge in [-0.25, -0.2) is 19.2 Å². The lowest BCUT2D eigenvalue weighted by Crippen LogP contribution is -2.24. The van der Waals surface area contributed by atoms with Gasteiger partial charge in [0.25, 0.3) is 0 Å². The molecule has 2 aromatic rings. The van der Waals surface area contributed by atoms with Crippen LogP contribution in [0.2, 0.25) is 0 Å². The summed E-state index contributed by atoms with van der Waals surface area (Å²) >= 11 is 0. The van der Waals surface area contributed by atoms with Crippen LogP contribution in [0.3, 0.4) is 0 Å². The maximum Gasteiger partial charge on any atom is 0.339 e. The average molecular weight is 372 g/mol. The minimum absolute atomic E-state index is 0.125. The van der Waals surface area contributed by atoms with Crippen LogP contribution < -0.4 is 0 Å². The van der Waals surface area contributed by atoms with E-state index in [1.54, 1.807) is 0 Å². The molecule has 0 spiro atoms. The van der Waals surface area contributed by atoms with Gasteiger partial charge in [-0.15, -0.1) is 0 Å². The van der Waals surface area contributed by atoms with Crippen LogP contribution in [0.25, 0.3) is 0 Å². The molecule has 140 valence electrons. The van der Waals surface area contributed by atoms with Crippen LogP contribution >= 0.6 is 0 Å². The molecule has 8 heteroatoms. The van der Waals surface area contributed by atoms with Gasteiger partial charge in [0, 0.05) is 0 Å². The Balaban J connectivity index is 2.00. The number of esters is 2. The molecule has 0 saturated heterocycles. The molecule has 0 aliphatic heterocycles. The van der Waals surface area contributed by atoms with Crippen LogP contribution in [0.4, 0.5) is 0 Å². The lowest BCUT2D eigenvalue weighted by Gasteiger charge is -2.15. The fraction of sp³-hybridized carbons (Fsp3) is 0.158. The average Bonchev–Trinajstić information content (AvgIpc) is 2.65. The van der Waals surface area contributed by atoms with Gasteiger partial charge in [-0.3, -0.25) is 0 Å². The number of ether oxygens (including phenoxy) is 2. The zero-order valence-corrected chi connectivity index (χ0v) is 14.2. The summed E-state index contributed by atoms with van der Waals surface area (Å²) in [7, 11) is 0. The summed E-state index contributed by atoms with van der Waals surface area (Å²) in [6.45, 7) is 1.13. The van der Waals surface area contributed by atoms with Crippen molar-refractivity contribution in [2.24, 2.45) is 0 Å². The quantitative estimate of drug-likeness (QED) is 0.710. The molecule has 27 heavy (non-hydrogen) atoms. The number of carbonyl (C=O) groups excluding carboxylic acids is 2. The predicted molar refractivity (Wildman–Crippen MR) is 92.0 cm³/mol. The third-order valence-electron chi connectivity index (χ3n) is 3.51. The fourth-order valence-corrected chi connectivity index (χ4v) is 2.25. The summed E-state index contributed by atoms with van der Waals surface area (Å²) in [5.74, 6) is -4.29. The zero-order valence-electron chi connectivity index (χ0n) is 14.2. The molecule has 0 radical (unpaired) electrons. The molecule has 0 aliphatic carbocycles. The summed E-state index contributed by atoms with van der Waals surface area (Å²) in [6.07, 6.45) is -0.875. The number of carboxylic acid groups (broad SMARTS) is 2. The molecule has 0 aliphatic rings. The van der Waals surface area contributed by atoms with Crippen molar-refractivity contribution in [3.8, 4) is 0 Å². The molecule has 2 rings (SSSR count). The van der Waals surface area contributed by atoms with E-state index in [1.165, 1.54) is 55.5 Å². The van der Waals surface area contributed by atoms with E-state index in [-0.39, 0.29) is 28.9 Å². The molecule has 0 heterocycles. The Kier molecular flexibility index (Phi) is 6.27. The first-order valence-electron chi connectivity index (χ1n) is 7.84. The molecule has 0 bridgehead atoms. The Morgan fingerprint density at radius 2 is 1.19 bits per heavy atom. The predicted octanol–water partition coefficient (Wildman–Crippen LogP) is 2.49. The van der Waals surface area contributed by atoms with Gasteiger partial charge in [0.15, 0.2) is 0 Å². The maximum absolute atomic E-state index is 12.1. The Bertz CT molecular complexity index is 887. The number of carboxylic acids is 2. The van der Waals surface area contributed by atoms with Crippen molar-refractivity contribution in [3.63, 3.8) is 0 Å². The fourth-order valence-electron chi connectivity index (χ4n) is 2.25. The van der Waals surface area contributed by atoms with Gasteiger partial charge >= 0.3 is 23.9 Å². The van der Waals surface area contributed by atoms with E-state index in [9.17, 15) is 19.2 Å². The third kappa shape index (κ3) is 4.91. The molecule has 0 saturated carbocycles. The standard InChI is InChI=1S/C19H16O8/c1-11(27-19(25)15-9-5-3-7-13(15)17(22)23)10-26-18(24)14-8-4-2-6-12(14)16(20)21/h2-9,11H,10H2,1H3,(H,20,21)(H,22,23). The van der Waals surface area contributed by atoms with E-state index in [4.69, 9.17) is 19.7 Å². The first-order chi connectivity index (χ1) is 12.8. The van der Waals surface area contributed by atoms with Gasteiger partial charge in [-0.05, 0) is 31.2 Å². The summed E-state index contributed by atoms with van der Waals surface area (Å²) in [6, 6.07) is 11.1. The second kappa shape index (κ2) is 8.61. The van der Waals surface area contributed by atoms with Crippen LogP contribution in [0.5, 0.6) is 0 Å². The zero-order chi connectivity index (χ0) is 20.0. The molecule has 0 amide bonds. The second-order valence-electron chi connectivity index (χ2n) is 5.52. The van der Waals surface area contributed by atoms with E-state index < -0.39 is 30.0 Å². The van der Waals surface area contributed by atoms with Crippen molar-refractivity contribution in [1.29, 1.82) is 0 Å². The molecule has 0 aromatic heterocycles. The smallest absolute Gasteiger partial charge is 0.339 e. The first-order valence-corrected chi connectivity index (χ1v) is 7.84. The van der Waals surface area contributed by atoms with Crippen LogP contribution in [0, 0.1) is 0 Å². The van der Waals surface area contributed by atoms with Crippen molar-refractivity contribution in [2.45, 2.75) is 13.0 Å². The molecule has 1 unspecified atom stereocenters. The van der Waals surface area contributed by atoms with Crippen molar-refractivity contribution >= 4 is 23.9 Å². The lowest BCUT2D eigenvalue weighted by atomic mass is 10.1.